The van der Waals surface area contributed by atoms with Crippen LogP contribution in [0.3, 0.4) is 0 Å². The molecule has 0 aromatic heterocycles. The highest BCUT2D eigenvalue weighted by Crippen LogP contribution is 2.28. The molecule has 1 atom stereocenters. The van der Waals surface area contributed by atoms with E-state index in [4.69, 9.17) is 9.47 Å². The summed E-state index contributed by atoms with van der Waals surface area (Å²) >= 11 is 3.38. The van der Waals surface area contributed by atoms with Gasteiger partial charge < -0.3 is 20.1 Å². The summed E-state index contributed by atoms with van der Waals surface area (Å²) in [6, 6.07) is 5.52. The van der Waals surface area contributed by atoms with E-state index in [-0.39, 0.29) is 18.3 Å². The SMILES string of the molecule is CCOc1ccc(Br)cc1NC(=O)C1CNCCO1.Cl. The Bertz CT molecular complexity index is 453. The summed E-state index contributed by atoms with van der Waals surface area (Å²) in [5.41, 5.74) is 0.649. The number of rotatable bonds is 4. The largest absolute Gasteiger partial charge is 0.492 e. The zero-order valence-corrected chi connectivity index (χ0v) is 13.6. The maximum absolute atomic E-state index is 12.1. The standard InChI is InChI=1S/C13H17BrN2O3.ClH/c1-2-18-11-4-3-9(14)7-10(11)16-13(17)12-8-15-5-6-19-12;/h3-4,7,12,15H,2,5-6,8H2,1H3,(H,16,17);1H. The zero-order valence-electron chi connectivity index (χ0n) is 11.1. The van der Waals surface area contributed by atoms with Crippen molar-refractivity contribution in [2.45, 2.75) is 13.0 Å². The molecule has 0 saturated carbocycles. The van der Waals surface area contributed by atoms with Crippen molar-refractivity contribution >= 4 is 39.9 Å². The molecule has 1 unspecified atom stereocenters. The van der Waals surface area contributed by atoms with Crippen molar-refractivity contribution in [2.75, 3.05) is 31.6 Å². The van der Waals surface area contributed by atoms with Crippen molar-refractivity contribution in [2.24, 2.45) is 0 Å². The van der Waals surface area contributed by atoms with E-state index in [9.17, 15) is 4.79 Å². The first kappa shape index (κ1) is 17.2. The lowest BCUT2D eigenvalue weighted by atomic mass is 10.2. The summed E-state index contributed by atoms with van der Waals surface area (Å²) in [7, 11) is 0. The maximum Gasteiger partial charge on any atom is 0.254 e. The van der Waals surface area contributed by atoms with Crippen LogP contribution < -0.4 is 15.4 Å². The van der Waals surface area contributed by atoms with E-state index in [1.165, 1.54) is 0 Å². The number of amides is 1. The minimum Gasteiger partial charge on any atom is -0.492 e. The van der Waals surface area contributed by atoms with E-state index in [2.05, 4.69) is 26.6 Å². The number of hydrogen-bond acceptors (Lipinski definition) is 4. The molecule has 7 heteroatoms. The van der Waals surface area contributed by atoms with Gasteiger partial charge in [-0.25, -0.2) is 0 Å². The number of hydrogen-bond donors (Lipinski definition) is 2. The summed E-state index contributed by atoms with van der Waals surface area (Å²) in [6.07, 6.45) is -0.456. The third-order valence-electron chi connectivity index (χ3n) is 2.72. The van der Waals surface area contributed by atoms with Gasteiger partial charge in [-0.2, -0.15) is 0 Å². The van der Waals surface area contributed by atoms with Gasteiger partial charge in [-0.3, -0.25) is 4.79 Å². The number of anilines is 1. The molecular formula is C13H18BrClN2O3. The molecule has 1 amide bonds. The number of nitrogens with one attached hydrogen (secondary N) is 2. The first-order valence-corrected chi connectivity index (χ1v) is 7.05. The fourth-order valence-corrected chi connectivity index (χ4v) is 2.19. The fraction of sp³-hybridized carbons (Fsp3) is 0.462. The van der Waals surface area contributed by atoms with Crippen LogP contribution in [-0.4, -0.2) is 38.3 Å². The highest BCUT2D eigenvalue weighted by molar-refractivity contribution is 9.10. The number of benzene rings is 1. The Balaban J connectivity index is 0.00000200. The molecule has 112 valence electrons. The third-order valence-corrected chi connectivity index (χ3v) is 3.21. The zero-order chi connectivity index (χ0) is 13.7. The molecule has 1 fully saturated rings. The van der Waals surface area contributed by atoms with Crippen molar-refractivity contribution in [1.29, 1.82) is 0 Å². The second-order valence-corrected chi connectivity index (χ2v) is 5.04. The molecule has 1 saturated heterocycles. The maximum atomic E-state index is 12.1. The third kappa shape index (κ3) is 4.63. The first-order chi connectivity index (χ1) is 9.20. The Morgan fingerprint density at radius 2 is 2.40 bits per heavy atom. The second kappa shape index (κ2) is 8.46. The number of morpholine rings is 1. The van der Waals surface area contributed by atoms with E-state index < -0.39 is 6.10 Å². The Morgan fingerprint density at radius 3 is 3.05 bits per heavy atom. The van der Waals surface area contributed by atoms with Crippen LogP contribution in [0.5, 0.6) is 5.75 Å². The molecule has 0 spiro atoms. The number of carbonyl (C=O) groups excluding carboxylic acids is 1. The van der Waals surface area contributed by atoms with Crippen LogP contribution in [0.1, 0.15) is 6.92 Å². The van der Waals surface area contributed by atoms with Crippen molar-refractivity contribution in [1.82, 2.24) is 5.32 Å². The summed E-state index contributed by atoms with van der Waals surface area (Å²) in [5, 5.41) is 5.97. The lowest BCUT2D eigenvalue weighted by molar-refractivity contribution is -0.128. The summed E-state index contributed by atoms with van der Waals surface area (Å²) in [6.45, 7) is 4.32. The van der Waals surface area contributed by atoms with Gasteiger partial charge in [-0.1, -0.05) is 15.9 Å². The van der Waals surface area contributed by atoms with Crippen molar-refractivity contribution in [3.05, 3.63) is 22.7 Å². The molecule has 20 heavy (non-hydrogen) atoms. The van der Waals surface area contributed by atoms with Gasteiger partial charge in [0.1, 0.15) is 11.9 Å². The molecule has 2 N–H and O–H groups in total. The average molecular weight is 366 g/mol. The minimum absolute atomic E-state index is 0. The Hall–Kier alpha value is -0.820. The molecule has 1 aliphatic heterocycles. The van der Waals surface area contributed by atoms with Crippen LogP contribution in [0.4, 0.5) is 5.69 Å². The van der Waals surface area contributed by atoms with Crippen LogP contribution in [0.25, 0.3) is 0 Å². The Labute approximate surface area is 132 Å². The van der Waals surface area contributed by atoms with Crippen LogP contribution in [0.15, 0.2) is 22.7 Å². The monoisotopic (exact) mass is 364 g/mol. The smallest absolute Gasteiger partial charge is 0.254 e. The molecule has 0 aliphatic carbocycles. The van der Waals surface area contributed by atoms with Crippen LogP contribution >= 0.6 is 28.3 Å². The quantitative estimate of drug-likeness (QED) is 0.859. The van der Waals surface area contributed by atoms with Gasteiger partial charge >= 0.3 is 0 Å². The highest BCUT2D eigenvalue weighted by Gasteiger charge is 2.22. The van der Waals surface area contributed by atoms with Gasteiger partial charge in [0, 0.05) is 17.6 Å². The van der Waals surface area contributed by atoms with Crippen molar-refractivity contribution < 1.29 is 14.3 Å². The van der Waals surface area contributed by atoms with Gasteiger partial charge in [0.15, 0.2) is 0 Å². The molecule has 1 aliphatic rings. The molecule has 1 heterocycles. The predicted octanol–water partition coefficient (Wildman–Crippen LogP) is 2.20. The summed E-state index contributed by atoms with van der Waals surface area (Å²) in [5.74, 6) is 0.495. The molecular weight excluding hydrogens is 348 g/mol. The Kier molecular flexibility index (Phi) is 7.29. The Morgan fingerprint density at radius 1 is 1.60 bits per heavy atom. The minimum atomic E-state index is -0.456. The van der Waals surface area contributed by atoms with E-state index in [0.29, 0.717) is 31.2 Å². The molecule has 1 aromatic rings. The average Bonchev–Trinajstić information content (AvgIpc) is 2.43. The normalized spacial score (nSPS) is 18.0. The highest BCUT2D eigenvalue weighted by atomic mass is 79.9. The van der Waals surface area contributed by atoms with E-state index in [0.717, 1.165) is 11.0 Å². The molecule has 0 bridgehead atoms. The summed E-state index contributed by atoms with van der Waals surface area (Å²) < 4.78 is 11.8. The van der Waals surface area contributed by atoms with Gasteiger partial charge in [-0.05, 0) is 25.1 Å². The van der Waals surface area contributed by atoms with Gasteiger partial charge in [0.25, 0.3) is 5.91 Å². The molecule has 1 aromatic carbocycles. The van der Waals surface area contributed by atoms with Crippen molar-refractivity contribution in [3.63, 3.8) is 0 Å². The van der Waals surface area contributed by atoms with E-state index >= 15 is 0 Å². The van der Waals surface area contributed by atoms with Gasteiger partial charge in [0.05, 0.1) is 18.9 Å². The topological polar surface area (TPSA) is 59.6 Å². The molecule has 0 radical (unpaired) electrons. The fourth-order valence-electron chi connectivity index (χ4n) is 1.83. The van der Waals surface area contributed by atoms with Gasteiger partial charge in [-0.15, -0.1) is 12.4 Å². The molecule has 5 nitrogen and oxygen atoms in total. The summed E-state index contributed by atoms with van der Waals surface area (Å²) in [4.78, 5) is 12.1. The van der Waals surface area contributed by atoms with Crippen LogP contribution in [-0.2, 0) is 9.53 Å². The van der Waals surface area contributed by atoms with E-state index in [1.54, 1.807) is 0 Å². The van der Waals surface area contributed by atoms with Crippen LogP contribution in [0, 0.1) is 0 Å². The van der Waals surface area contributed by atoms with Crippen LogP contribution in [0.2, 0.25) is 0 Å². The van der Waals surface area contributed by atoms with Gasteiger partial charge in [0.2, 0.25) is 0 Å². The molecule has 2 rings (SSSR count). The van der Waals surface area contributed by atoms with Crippen molar-refractivity contribution in [3.8, 4) is 5.75 Å². The lowest BCUT2D eigenvalue weighted by Crippen LogP contribution is -2.45. The second-order valence-electron chi connectivity index (χ2n) is 4.13. The number of halogens is 2. The first-order valence-electron chi connectivity index (χ1n) is 6.26. The van der Waals surface area contributed by atoms with E-state index in [1.807, 2.05) is 25.1 Å². The number of carbonyl (C=O) groups is 1. The lowest BCUT2D eigenvalue weighted by Gasteiger charge is -2.23. The predicted molar refractivity (Wildman–Crippen MR) is 83.8 cm³/mol. The number of ether oxygens (including phenoxy) is 2.